The molecule has 2 aliphatic rings. The van der Waals surface area contributed by atoms with Gasteiger partial charge in [-0.1, -0.05) is 17.7 Å². The molecule has 1 fully saturated rings. The van der Waals surface area contributed by atoms with Crippen molar-refractivity contribution < 1.29 is 0 Å². The molecule has 2 aliphatic heterocycles. The van der Waals surface area contributed by atoms with Crippen molar-refractivity contribution in [2.75, 3.05) is 13.1 Å². The summed E-state index contributed by atoms with van der Waals surface area (Å²) in [4.78, 5) is 23.1. The molecule has 6 rings (SSSR count). The lowest BCUT2D eigenvalue weighted by molar-refractivity contribution is 0.114. The molecular weight excluding hydrogens is 400 g/mol. The number of rotatable bonds is 4. The first-order valence-electron chi connectivity index (χ1n) is 11.2. The molecule has 1 aromatic carbocycles. The maximum atomic E-state index is 13.2. The highest BCUT2D eigenvalue weighted by molar-refractivity contribution is 5.53. The minimum absolute atomic E-state index is 0.0697. The summed E-state index contributed by atoms with van der Waals surface area (Å²) < 4.78 is 3.94. The van der Waals surface area contributed by atoms with Gasteiger partial charge in [0.25, 0.3) is 5.56 Å². The van der Waals surface area contributed by atoms with E-state index in [1.54, 1.807) is 12.4 Å². The third kappa shape index (κ3) is 3.29. The number of hydrogen-bond donors (Lipinski definition) is 1. The van der Waals surface area contributed by atoms with Crippen LogP contribution in [-0.2, 0) is 13.1 Å². The molecule has 7 nitrogen and oxygen atoms in total. The van der Waals surface area contributed by atoms with Crippen molar-refractivity contribution in [1.82, 2.24) is 29.2 Å². The van der Waals surface area contributed by atoms with Gasteiger partial charge in [-0.25, -0.2) is 9.67 Å². The number of nitrogens with one attached hydrogen (secondary N) is 1. The molecule has 0 radical (unpaired) electrons. The van der Waals surface area contributed by atoms with E-state index < -0.39 is 0 Å². The first-order valence-corrected chi connectivity index (χ1v) is 11.2. The molecule has 4 aromatic rings. The number of fused-ring (bicyclic) bond motifs is 4. The minimum atomic E-state index is 0.0697. The zero-order valence-corrected chi connectivity index (χ0v) is 18.1. The van der Waals surface area contributed by atoms with E-state index in [4.69, 9.17) is 0 Å². The number of aromatic nitrogens is 5. The maximum Gasteiger partial charge on any atom is 0.261 e. The molecule has 2 atom stereocenters. The molecule has 7 heteroatoms. The van der Waals surface area contributed by atoms with Crippen LogP contribution < -0.4 is 5.56 Å². The van der Waals surface area contributed by atoms with Gasteiger partial charge in [-0.05, 0) is 49.1 Å². The van der Waals surface area contributed by atoms with E-state index in [9.17, 15) is 4.79 Å². The summed E-state index contributed by atoms with van der Waals surface area (Å²) in [6.45, 7) is 5.76. The van der Waals surface area contributed by atoms with Gasteiger partial charge in [0, 0.05) is 62.6 Å². The Hall–Kier alpha value is -3.45. The lowest BCUT2D eigenvalue weighted by atomic mass is 9.82. The Morgan fingerprint density at radius 2 is 2.06 bits per heavy atom. The SMILES string of the molecule is Cc1ccc(-n2cccn2)c(CN2C[C@@H]3C[C@H](C2)c2ccc(-c4ncc[nH]4)c(=O)n2C3)c1. The van der Waals surface area contributed by atoms with Gasteiger partial charge in [-0.2, -0.15) is 5.10 Å². The molecule has 0 saturated carbocycles. The Kier molecular flexibility index (Phi) is 4.57. The van der Waals surface area contributed by atoms with Crippen LogP contribution in [-0.4, -0.2) is 42.3 Å². The molecule has 0 unspecified atom stereocenters. The van der Waals surface area contributed by atoms with Crippen LogP contribution in [0, 0.1) is 12.8 Å². The number of aromatic amines is 1. The number of benzene rings is 1. The zero-order chi connectivity index (χ0) is 21.7. The summed E-state index contributed by atoms with van der Waals surface area (Å²) in [5, 5.41) is 4.45. The largest absolute Gasteiger partial charge is 0.344 e. The smallest absolute Gasteiger partial charge is 0.261 e. The number of imidazole rings is 1. The van der Waals surface area contributed by atoms with Gasteiger partial charge in [0.1, 0.15) is 5.82 Å². The standard InChI is InChI=1S/C25H26N6O/c1-17-3-5-23(31-10-2-7-28-31)19(11-17)15-29-13-18-12-20(16-29)22-6-4-21(24-26-8-9-27-24)25(32)30(22)14-18/h2-11,18,20H,12-16H2,1H3,(H,26,27)/t18-,20+/m0/s1. The molecule has 2 bridgehead atoms. The van der Waals surface area contributed by atoms with E-state index in [1.165, 1.54) is 11.1 Å². The van der Waals surface area contributed by atoms with Crippen LogP contribution in [0.25, 0.3) is 17.1 Å². The third-order valence-electron chi connectivity index (χ3n) is 6.81. The molecule has 0 spiro atoms. The van der Waals surface area contributed by atoms with Crippen LogP contribution >= 0.6 is 0 Å². The number of hydrogen-bond acceptors (Lipinski definition) is 4. The Bertz CT molecular complexity index is 1300. The second kappa shape index (κ2) is 7.60. The second-order valence-electron chi connectivity index (χ2n) is 9.10. The van der Waals surface area contributed by atoms with Crippen molar-refractivity contribution in [2.24, 2.45) is 5.92 Å². The van der Waals surface area contributed by atoms with Crippen molar-refractivity contribution in [2.45, 2.75) is 32.4 Å². The molecule has 0 aliphatic carbocycles. The molecule has 1 saturated heterocycles. The fourth-order valence-electron chi connectivity index (χ4n) is 5.48. The lowest BCUT2D eigenvalue weighted by Crippen LogP contribution is -2.47. The fourth-order valence-corrected chi connectivity index (χ4v) is 5.48. The first kappa shape index (κ1) is 19.3. The summed E-state index contributed by atoms with van der Waals surface area (Å²) in [6, 6.07) is 12.6. The predicted molar refractivity (Wildman–Crippen MR) is 123 cm³/mol. The zero-order valence-electron chi connectivity index (χ0n) is 18.1. The highest BCUT2D eigenvalue weighted by atomic mass is 16.1. The van der Waals surface area contributed by atoms with Gasteiger partial charge in [0.05, 0.1) is 11.3 Å². The Balaban J connectivity index is 1.29. The highest BCUT2D eigenvalue weighted by Crippen LogP contribution is 2.36. The van der Waals surface area contributed by atoms with E-state index in [2.05, 4.69) is 51.2 Å². The first-order chi connectivity index (χ1) is 15.7. The number of likely N-dealkylation sites (tertiary alicyclic amines) is 1. The molecular formula is C25H26N6O. The fraction of sp³-hybridized carbons (Fsp3) is 0.320. The van der Waals surface area contributed by atoms with Gasteiger partial charge in [0.2, 0.25) is 0 Å². The molecule has 162 valence electrons. The van der Waals surface area contributed by atoms with Gasteiger partial charge < -0.3 is 9.55 Å². The van der Waals surface area contributed by atoms with Crippen molar-refractivity contribution in [1.29, 1.82) is 0 Å². The van der Waals surface area contributed by atoms with E-state index in [0.29, 0.717) is 23.2 Å². The minimum Gasteiger partial charge on any atom is -0.344 e. The van der Waals surface area contributed by atoms with Crippen molar-refractivity contribution in [3.05, 3.63) is 88.4 Å². The summed E-state index contributed by atoms with van der Waals surface area (Å²) in [5.41, 5.74) is 5.56. The number of H-pyrrole nitrogens is 1. The van der Waals surface area contributed by atoms with Crippen LogP contribution in [0.1, 0.15) is 29.2 Å². The van der Waals surface area contributed by atoms with Crippen LogP contribution in [0.5, 0.6) is 0 Å². The predicted octanol–water partition coefficient (Wildman–Crippen LogP) is 3.35. The lowest BCUT2D eigenvalue weighted by Gasteiger charge is -2.43. The molecule has 32 heavy (non-hydrogen) atoms. The average molecular weight is 427 g/mol. The number of pyridine rings is 1. The summed E-state index contributed by atoms with van der Waals surface area (Å²) >= 11 is 0. The summed E-state index contributed by atoms with van der Waals surface area (Å²) in [5.74, 6) is 1.50. The Morgan fingerprint density at radius 1 is 1.12 bits per heavy atom. The van der Waals surface area contributed by atoms with Crippen LogP contribution in [0.2, 0.25) is 0 Å². The van der Waals surface area contributed by atoms with Gasteiger partial charge in [0.15, 0.2) is 0 Å². The normalized spacial score (nSPS) is 20.3. The maximum absolute atomic E-state index is 13.2. The quantitative estimate of drug-likeness (QED) is 0.543. The van der Waals surface area contributed by atoms with E-state index in [-0.39, 0.29) is 5.56 Å². The summed E-state index contributed by atoms with van der Waals surface area (Å²) in [6.07, 6.45) is 8.41. The van der Waals surface area contributed by atoms with Crippen molar-refractivity contribution >= 4 is 0 Å². The molecule has 3 aromatic heterocycles. The van der Waals surface area contributed by atoms with Crippen LogP contribution in [0.3, 0.4) is 0 Å². The number of piperidine rings is 1. The van der Waals surface area contributed by atoms with Crippen LogP contribution in [0.4, 0.5) is 0 Å². The van der Waals surface area contributed by atoms with Gasteiger partial charge >= 0.3 is 0 Å². The topological polar surface area (TPSA) is 71.7 Å². The van der Waals surface area contributed by atoms with E-state index in [1.807, 2.05) is 33.8 Å². The molecule has 5 heterocycles. The van der Waals surface area contributed by atoms with Crippen molar-refractivity contribution in [3.63, 3.8) is 0 Å². The van der Waals surface area contributed by atoms with Crippen LogP contribution in [0.15, 0.2) is 66.0 Å². The Labute approximate surface area is 186 Å². The van der Waals surface area contributed by atoms with Gasteiger partial charge in [-0.3, -0.25) is 9.69 Å². The third-order valence-corrected chi connectivity index (χ3v) is 6.81. The molecule has 0 amide bonds. The highest BCUT2D eigenvalue weighted by Gasteiger charge is 2.35. The average Bonchev–Trinajstić information content (AvgIpc) is 3.49. The molecule has 1 N–H and O–H groups in total. The number of aryl methyl sites for hydroxylation is 1. The number of nitrogens with zero attached hydrogens (tertiary/aromatic N) is 5. The second-order valence-corrected chi connectivity index (χ2v) is 9.10. The monoisotopic (exact) mass is 426 g/mol. The van der Waals surface area contributed by atoms with Crippen molar-refractivity contribution in [3.8, 4) is 17.1 Å². The Morgan fingerprint density at radius 3 is 2.88 bits per heavy atom. The summed E-state index contributed by atoms with van der Waals surface area (Å²) in [7, 11) is 0. The van der Waals surface area contributed by atoms with E-state index in [0.717, 1.165) is 44.0 Å². The van der Waals surface area contributed by atoms with Gasteiger partial charge in [-0.15, -0.1) is 0 Å². The van der Waals surface area contributed by atoms with E-state index >= 15 is 0 Å².